The summed E-state index contributed by atoms with van der Waals surface area (Å²) < 4.78 is 4.91. The molecule has 0 radical (unpaired) electrons. The second-order valence-corrected chi connectivity index (χ2v) is 5.50. The summed E-state index contributed by atoms with van der Waals surface area (Å²) in [6, 6.07) is 10.4. The first-order chi connectivity index (χ1) is 10.3. The van der Waals surface area contributed by atoms with Crippen molar-refractivity contribution in [3.8, 4) is 0 Å². The van der Waals surface area contributed by atoms with Gasteiger partial charge in [0.25, 0.3) is 0 Å². The quantitative estimate of drug-likeness (QED) is 0.600. The van der Waals surface area contributed by atoms with E-state index in [1.807, 2.05) is 11.4 Å². The Morgan fingerprint density at radius 1 is 1.33 bits per heavy atom. The van der Waals surface area contributed by atoms with Gasteiger partial charge in [-0.25, -0.2) is 4.98 Å². The summed E-state index contributed by atoms with van der Waals surface area (Å²) in [7, 11) is 0. The van der Waals surface area contributed by atoms with Crippen molar-refractivity contribution < 1.29 is 9.53 Å². The lowest BCUT2D eigenvalue weighted by Crippen LogP contribution is -2.08. The predicted octanol–water partition coefficient (Wildman–Crippen LogP) is 3.29. The van der Waals surface area contributed by atoms with Gasteiger partial charge in [0.1, 0.15) is 0 Å². The van der Waals surface area contributed by atoms with E-state index in [9.17, 15) is 4.79 Å². The van der Waals surface area contributed by atoms with Crippen LogP contribution in [-0.4, -0.2) is 24.1 Å². The monoisotopic (exact) mass is 304 g/mol. The largest absolute Gasteiger partial charge is 0.466 e. The molecular weight excluding hydrogens is 284 g/mol. The topological polar surface area (TPSA) is 51.2 Å². The first-order valence-electron chi connectivity index (χ1n) is 7.15. The van der Waals surface area contributed by atoms with E-state index in [4.69, 9.17) is 4.74 Å². The molecular formula is C16H20N2O2S. The minimum Gasteiger partial charge on any atom is -0.466 e. The lowest BCUT2D eigenvalue weighted by molar-refractivity contribution is -0.142. The fraction of sp³-hybridized carbons (Fsp3) is 0.375. The molecule has 0 unspecified atom stereocenters. The number of nitrogens with one attached hydrogen (secondary N) is 1. The average molecular weight is 304 g/mol. The molecule has 0 aliphatic rings. The van der Waals surface area contributed by atoms with Crippen LogP contribution in [0.5, 0.6) is 0 Å². The molecule has 0 saturated carbocycles. The molecule has 0 saturated heterocycles. The average Bonchev–Trinajstić information content (AvgIpc) is 2.92. The molecule has 0 atom stereocenters. The maximum atomic E-state index is 11.4. The van der Waals surface area contributed by atoms with Crippen molar-refractivity contribution in [3.63, 3.8) is 0 Å². The number of ether oxygens (including phenoxy) is 1. The van der Waals surface area contributed by atoms with Crippen LogP contribution in [0.15, 0.2) is 35.7 Å². The number of thiazole rings is 1. The molecule has 4 nitrogen and oxygen atoms in total. The standard InChI is InChI=1S/C16H20N2O2S/c1-2-20-15(19)11-14-12-21-16(18-14)17-10-6-9-13-7-4-3-5-8-13/h3-5,7-8,12H,2,6,9-11H2,1H3,(H,17,18). The number of anilines is 1. The molecule has 2 rings (SSSR count). The van der Waals surface area contributed by atoms with Crippen LogP contribution < -0.4 is 5.32 Å². The van der Waals surface area contributed by atoms with E-state index >= 15 is 0 Å². The third-order valence-corrected chi connectivity index (χ3v) is 3.79. The first kappa shape index (κ1) is 15.5. The number of nitrogens with zero attached hydrogens (tertiary/aromatic N) is 1. The highest BCUT2D eigenvalue weighted by atomic mass is 32.1. The molecule has 0 bridgehead atoms. The molecule has 1 aromatic heterocycles. The summed E-state index contributed by atoms with van der Waals surface area (Å²) in [5.74, 6) is -0.224. The fourth-order valence-corrected chi connectivity index (χ4v) is 2.70. The zero-order valence-electron chi connectivity index (χ0n) is 12.2. The Balaban J connectivity index is 1.69. The Kier molecular flexibility index (Phi) is 6.22. The first-order valence-corrected chi connectivity index (χ1v) is 8.03. The second kappa shape index (κ2) is 8.42. The minimum absolute atomic E-state index is 0.224. The number of carbonyl (C=O) groups excluding carboxylic acids is 1. The van der Waals surface area contributed by atoms with Crippen molar-refractivity contribution in [3.05, 3.63) is 47.0 Å². The molecule has 1 N–H and O–H groups in total. The van der Waals surface area contributed by atoms with Gasteiger partial charge in [0, 0.05) is 11.9 Å². The van der Waals surface area contributed by atoms with E-state index in [0.717, 1.165) is 30.2 Å². The highest BCUT2D eigenvalue weighted by Crippen LogP contribution is 2.16. The Morgan fingerprint density at radius 3 is 2.90 bits per heavy atom. The summed E-state index contributed by atoms with van der Waals surface area (Å²) in [5, 5.41) is 6.06. The molecule has 1 aromatic carbocycles. The molecule has 21 heavy (non-hydrogen) atoms. The molecule has 0 fully saturated rings. The third-order valence-electron chi connectivity index (χ3n) is 2.94. The number of hydrogen-bond acceptors (Lipinski definition) is 5. The van der Waals surface area contributed by atoms with Crippen molar-refractivity contribution in [2.75, 3.05) is 18.5 Å². The van der Waals surface area contributed by atoms with Crippen molar-refractivity contribution in [1.29, 1.82) is 0 Å². The van der Waals surface area contributed by atoms with Crippen LogP contribution in [0.1, 0.15) is 24.6 Å². The smallest absolute Gasteiger partial charge is 0.311 e. The lowest BCUT2D eigenvalue weighted by Gasteiger charge is -2.03. The molecule has 5 heteroatoms. The van der Waals surface area contributed by atoms with Gasteiger partial charge in [0.15, 0.2) is 5.13 Å². The van der Waals surface area contributed by atoms with Crippen LogP contribution in [0.2, 0.25) is 0 Å². The Labute approximate surface area is 129 Å². The number of hydrogen-bond donors (Lipinski definition) is 1. The summed E-state index contributed by atoms with van der Waals surface area (Å²) in [5.41, 5.74) is 2.12. The second-order valence-electron chi connectivity index (χ2n) is 4.64. The lowest BCUT2D eigenvalue weighted by atomic mass is 10.1. The molecule has 112 valence electrons. The molecule has 0 spiro atoms. The van der Waals surface area contributed by atoms with E-state index in [1.165, 1.54) is 16.9 Å². The van der Waals surface area contributed by atoms with Crippen molar-refractivity contribution in [1.82, 2.24) is 4.98 Å². The van der Waals surface area contributed by atoms with Crippen molar-refractivity contribution in [2.45, 2.75) is 26.2 Å². The minimum atomic E-state index is -0.224. The van der Waals surface area contributed by atoms with Gasteiger partial charge in [-0.2, -0.15) is 0 Å². The molecule has 0 aliphatic carbocycles. The fourth-order valence-electron chi connectivity index (χ4n) is 1.96. The van der Waals surface area contributed by atoms with Crippen LogP contribution in [0.25, 0.3) is 0 Å². The van der Waals surface area contributed by atoms with Gasteiger partial charge >= 0.3 is 5.97 Å². The van der Waals surface area contributed by atoms with E-state index in [0.29, 0.717) is 6.61 Å². The third kappa shape index (κ3) is 5.55. The van der Waals surface area contributed by atoms with Gasteiger partial charge in [-0.3, -0.25) is 4.79 Å². The van der Waals surface area contributed by atoms with Crippen LogP contribution in [0.4, 0.5) is 5.13 Å². The van der Waals surface area contributed by atoms with Crippen molar-refractivity contribution >= 4 is 22.4 Å². The summed E-state index contributed by atoms with van der Waals surface area (Å²) in [4.78, 5) is 15.7. The van der Waals surface area contributed by atoms with Gasteiger partial charge in [0.2, 0.25) is 0 Å². The number of aryl methyl sites for hydroxylation is 1. The molecule has 0 aliphatic heterocycles. The van der Waals surface area contributed by atoms with Crippen LogP contribution in [0.3, 0.4) is 0 Å². The Hall–Kier alpha value is -1.88. The van der Waals surface area contributed by atoms with E-state index in [2.05, 4.69) is 34.6 Å². The van der Waals surface area contributed by atoms with Crippen LogP contribution >= 0.6 is 11.3 Å². The Morgan fingerprint density at radius 2 is 2.14 bits per heavy atom. The number of aromatic nitrogens is 1. The maximum absolute atomic E-state index is 11.4. The molecule has 1 heterocycles. The highest BCUT2D eigenvalue weighted by molar-refractivity contribution is 7.13. The number of esters is 1. The zero-order chi connectivity index (χ0) is 14.9. The molecule has 0 amide bonds. The summed E-state index contributed by atoms with van der Waals surface area (Å²) in [6.07, 6.45) is 2.35. The van der Waals surface area contributed by atoms with Crippen LogP contribution in [0, 0.1) is 0 Å². The highest BCUT2D eigenvalue weighted by Gasteiger charge is 2.07. The van der Waals surface area contributed by atoms with Crippen molar-refractivity contribution in [2.24, 2.45) is 0 Å². The van der Waals surface area contributed by atoms with Gasteiger partial charge in [0.05, 0.1) is 18.7 Å². The van der Waals surface area contributed by atoms with Gasteiger partial charge in [-0.15, -0.1) is 11.3 Å². The summed E-state index contributed by atoms with van der Waals surface area (Å²) >= 11 is 1.53. The Bertz CT molecular complexity index is 554. The molecule has 2 aromatic rings. The normalized spacial score (nSPS) is 10.3. The zero-order valence-corrected chi connectivity index (χ0v) is 13.0. The van der Waals surface area contributed by atoms with Gasteiger partial charge < -0.3 is 10.1 Å². The van der Waals surface area contributed by atoms with E-state index in [-0.39, 0.29) is 12.4 Å². The maximum Gasteiger partial charge on any atom is 0.311 e. The predicted molar refractivity (Wildman–Crippen MR) is 85.7 cm³/mol. The number of rotatable bonds is 8. The number of benzene rings is 1. The van der Waals surface area contributed by atoms with Gasteiger partial charge in [-0.1, -0.05) is 30.3 Å². The van der Waals surface area contributed by atoms with E-state index in [1.54, 1.807) is 6.92 Å². The van der Waals surface area contributed by atoms with Gasteiger partial charge in [-0.05, 0) is 25.3 Å². The summed E-state index contributed by atoms with van der Waals surface area (Å²) in [6.45, 7) is 3.09. The number of carbonyl (C=O) groups is 1. The van der Waals surface area contributed by atoms with Crippen LogP contribution in [-0.2, 0) is 22.4 Å². The SMILES string of the molecule is CCOC(=O)Cc1csc(NCCCc2ccccc2)n1. The van der Waals surface area contributed by atoms with E-state index < -0.39 is 0 Å².